The number of hydrogen-bond acceptors (Lipinski definition) is 3. The molecule has 0 aromatic heterocycles. The van der Waals surface area contributed by atoms with Crippen LogP contribution in [0.4, 0.5) is 22.0 Å². The molecule has 1 aliphatic heterocycles. The molecule has 19 heavy (non-hydrogen) atoms. The zero-order valence-electron chi connectivity index (χ0n) is 9.61. The second-order valence-corrected chi connectivity index (χ2v) is 4.10. The molecule has 1 atom stereocenters. The predicted octanol–water partition coefficient (Wildman–Crippen LogP) is -0.222. The summed E-state index contributed by atoms with van der Waals surface area (Å²) in [7, 11) is 0. The third-order valence-corrected chi connectivity index (χ3v) is 2.34. The molecule has 110 valence electrons. The van der Waals surface area contributed by atoms with Crippen LogP contribution in [-0.2, 0) is 9.59 Å². The molecule has 3 N–H and O–H groups in total. The molecule has 1 rings (SSSR count). The Morgan fingerprint density at radius 3 is 2.37 bits per heavy atom. The molecular formula is C9H12F5N3O2. The summed E-state index contributed by atoms with van der Waals surface area (Å²) in [5.41, 5.74) is 0. The van der Waals surface area contributed by atoms with E-state index < -0.39 is 56.0 Å². The first kappa shape index (κ1) is 15.6. The van der Waals surface area contributed by atoms with Crippen LogP contribution in [0.1, 0.15) is 6.42 Å². The summed E-state index contributed by atoms with van der Waals surface area (Å²) in [6.07, 6.45) is -5.25. The molecule has 0 saturated carbocycles. The molecule has 1 saturated heterocycles. The van der Waals surface area contributed by atoms with Crippen LogP contribution in [0, 0.1) is 0 Å². The van der Waals surface area contributed by atoms with Crippen LogP contribution in [0.5, 0.6) is 0 Å². The maximum atomic E-state index is 12.8. The predicted molar refractivity (Wildman–Crippen MR) is 53.4 cm³/mol. The molecule has 0 aliphatic carbocycles. The second kappa shape index (κ2) is 5.68. The minimum Gasteiger partial charge on any atom is -0.346 e. The largest absolute Gasteiger partial charge is 0.405 e. The summed E-state index contributed by atoms with van der Waals surface area (Å²) < 4.78 is 60.8. The standard InChI is InChI=1S/C9H12F5N3O2/c10-8(11)1-5(16-3-8)7(19)15-2-6(18)17-4-9(12,13)14/h5,16H,1-4H2,(H,15,19)(H,17,18). The average molecular weight is 289 g/mol. The molecule has 0 bridgehead atoms. The zero-order chi connectivity index (χ0) is 14.7. The molecule has 1 heterocycles. The number of nitrogens with one attached hydrogen (secondary N) is 3. The van der Waals surface area contributed by atoms with Gasteiger partial charge in [0.05, 0.1) is 19.1 Å². The minimum absolute atomic E-state index is 0.647. The van der Waals surface area contributed by atoms with Gasteiger partial charge in [-0.3, -0.25) is 14.9 Å². The van der Waals surface area contributed by atoms with E-state index in [2.05, 4.69) is 5.32 Å². The van der Waals surface area contributed by atoms with E-state index in [1.165, 1.54) is 5.32 Å². The topological polar surface area (TPSA) is 70.2 Å². The third-order valence-electron chi connectivity index (χ3n) is 2.34. The lowest BCUT2D eigenvalue weighted by atomic mass is 10.2. The van der Waals surface area contributed by atoms with Crippen molar-refractivity contribution in [3.8, 4) is 0 Å². The first-order chi connectivity index (χ1) is 8.59. The van der Waals surface area contributed by atoms with Crippen LogP contribution in [0.3, 0.4) is 0 Å². The molecule has 1 unspecified atom stereocenters. The Balaban J connectivity index is 2.25. The van der Waals surface area contributed by atoms with Gasteiger partial charge >= 0.3 is 6.18 Å². The zero-order valence-corrected chi connectivity index (χ0v) is 9.61. The number of carbonyl (C=O) groups excluding carboxylic acids is 2. The van der Waals surface area contributed by atoms with Gasteiger partial charge in [0.1, 0.15) is 6.54 Å². The highest BCUT2D eigenvalue weighted by molar-refractivity contribution is 5.87. The Morgan fingerprint density at radius 2 is 1.89 bits per heavy atom. The highest BCUT2D eigenvalue weighted by atomic mass is 19.4. The summed E-state index contributed by atoms with van der Waals surface area (Å²) in [5, 5.41) is 5.77. The third kappa shape index (κ3) is 5.81. The Kier molecular flexibility index (Phi) is 4.66. The summed E-state index contributed by atoms with van der Waals surface area (Å²) in [5.74, 6) is -4.89. The highest BCUT2D eigenvalue weighted by Gasteiger charge is 2.42. The summed E-state index contributed by atoms with van der Waals surface area (Å²) >= 11 is 0. The van der Waals surface area contributed by atoms with Crippen molar-refractivity contribution >= 4 is 11.8 Å². The number of rotatable bonds is 4. The van der Waals surface area contributed by atoms with Crippen molar-refractivity contribution in [3.63, 3.8) is 0 Å². The van der Waals surface area contributed by atoms with Gasteiger partial charge in [-0.05, 0) is 0 Å². The van der Waals surface area contributed by atoms with E-state index in [-0.39, 0.29) is 0 Å². The van der Waals surface area contributed by atoms with Crippen LogP contribution in [-0.4, -0.2) is 49.6 Å². The number of halogens is 5. The number of hydrogen-bond donors (Lipinski definition) is 3. The molecular weight excluding hydrogens is 277 g/mol. The Morgan fingerprint density at radius 1 is 1.26 bits per heavy atom. The number of carbonyl (C=O) groups is 2. The van der Waals surface area contributed by atoms with Gasteiger partial charge in [0.25, 0.3) is 5.92 Å². The number of amides is 2. The first-order valence-corrected chi connectivity index (χ1v) is 5.31. The van der Waals surface area contributed by atoms with E-state index in [4.69, 9.17) is 0 Å². The van der Waals surface area contributed by atoms with Crippen LogP contribution in [0.15, 0.2) is 0 Å². The van der Waals surface area contributed by atoms with Crippen LogP contribution >= 0.6 is 0 Å². The average Bonchev–Trinajstić information content (AvgIpc) is 2.63. The maximum absolute atomic E-state index is 12.8. The second-order valence-electron chi connectivity index (χ2n) is 4.10. The Labute approximate surface area is 104 Å². The van der Waals surface area contributed by atoms with Gasteiger partial charge in [-0.25, -0.2) is 8.78 Å². The van der Waals surface area contributed by atoms with Gasteiger partial charge < -0.3 is 10.6 Å². The molecule has 0 radical (unpaired) electrons. The molecule has 2 amide bonds. The van der Waals surface area contributed by atoms with Crippen molar-refractivity contribution in [3.05, 3.63) is 0 Å². The first-order valence-electron chi connectivity index (χ1n) is 5.31. The molecule has 1 fully saturated rings. The lowest BCUT2D eigenvalue weighted by Gasteiger charge is -2.12. The van der Waals surface area contributed by atoms with Crippen molar-refractivity contribution in [2.75, 3.05) is 19.6 Å². The summed E-state index contributed by atoms with van der Waals surface area (Å²) in [6.45, 7) is -2.86. The van der Waals surface area contributed by atoms with E-state index in [1.807, 2.05) is 5.32 Å². The van der Waals surface area contributed by atoms with E-state index in [0.29, 0.717) is 0 Å². The lowest BCUT2D eigenvalue weighted by Crippen LogP contribution is -2.46. The van der Waals surface area contributed by atoms with Crippen LogP contribution < -0.4 is 16.0 Å². The Hall–Kier alpha value is -1.45. The molecule has 10 heteroatoms. The SMILES string of the molecule is O=C(CNC(=O)C1CC(F)(F)CN1)NCC(F)(F)F. The van der Waals surface area contributed by atoms with Gasteiger partial charge in [0, 0.05) is 6.42 Å². The van der Waals surface area contributed by atoms with Gasteiger partial charge in [0.15, 0.2) is 0 Å². The van der Waals surface area contributed by atoms with E-state index in [0.717, 1.165) is 0 Å². The fraction of sp³-hybridized carbons (Fsp3) is 0.778. The van der Waals surface area contributed by atoms with E-state index >= 15 is 0 Å². The van der Waals surface area contributed by atoms with Crippen molar-refractivity contribution < 1.29 is 31.5 Å². The fourth-order valence-corrected chi connectivity index (χ4v) is 1.45. The molecule has 0 aromatic carbocycles. The molecule has 1 aliphatic rings. The van der Waals surface area contributed by atoms with Gasteiger partial charge in [-0.15, -0.1) is 0 Å². The summed E-state index contributed by atoms with van der Waals surface area (Å²) in [4.78, 5) is 22.3. The fourth-order valence-electron chi connectivity index (χ4n) is 1.45. The van der Waals surface area contributed by atoms with Crippen molar-refractivity contribution in [1.29, 1.82) is 0 Å². The van der Waals surface area contributed by atoms with Crippen molar-refractivity contribution in [2.45, 2.75) is 24.6 Å². The maximum Gasteiger partial charge on any atom is 0.405 e. The minimum atomic E-state index is -4.55. The van der Waals surface area contributed by atoms with Gasteiger partial charge in [0.2, 0.25) is 11.8 Å². The monoisotopic (exact) mass is 289 g/mol. The van der Waals surface area contributed by atoms with Gasteiger partial charge in [-0.2, -0.15) is 13.2 Å². The number of alkyl halides is 5. The van der Waals surface area contributed by atoms with E-state index in [9.17, 15) is 31.5 Å². The van der Waals surface area contributed by atoms with E-state index in [1.54, 1.807) is 0 Å². The van der Waals surface area contributed by atoms with Gasteiger partial charge in [-0.1, -0.05) is 0 Å². The highest BCUT2D eigenvalue weighted by Crippen LogP contribution is 2.24. The smallest absolute Gasteiger partial charge is 0.346 e. The van der Waals surface area contributed by atoms with Crippen LogP contribution in [0.25, 0.3) is 0 Å². The van der Waals surface area contributed by atoms with Crippen LogP contribution in [0.2, 0.25) is 0 Å². The lowest BCUT2D eigenvalue weighted by molar-refractivity contribution is -0.138. The quantitative estimate of drug-likeness (QED) is 0.627. The molecule has 0 spiro atoms. The summed E-state index contributed by atoms with van der Waals surface area (Å²) in [6, 6.07) is -1.15. The van der Waals surface area contributed by atoms with Crippen molar-refractivity contribution in [2.24, 2.45) is 0 Å². The Bertz CT molecular complexity index is 358. The normalized spacial score (nSPS) is 22.1. The molecule has 0 aromatic rings. The molecule has 5 nitrogen and oxygen atoms in total. The van der Waals surface area contributed by atoms with Crippen molar-refractivity contribution in [1.82, 2.24) is 16.0 Å².